The molecule has 6 heteroatoms. The van der Waals surface area contributed by atoms with Gasteiger partial charge in [0.2, 0.25) is 10.0 Å². The Kier molecular flexibility index (Phi) is 4.26. The number of allylic oxidation sites excluding steroid dienone is 2. The lowest BCUT2D eigenvalue weighted by Crippen LogP contribution is -2.29. The van der Waals surface area contributed by atoms with Crippen LogP contribution in [0.25, 0.3) is 21.8 Å². The zero-order valence-corrected chi connectivity index (χ0v) is 18.6. The van der Waals surface area contributed by atoms with Gasteiger partial charge in [-0.3, -0.25) is 0 Å². The molecular formula is C26H25N3O2S. The first-order valence-corrected chi connectivity index (χ1v) is 12.6. The number of nitrogens with zero attached hydrogens (tertiary/aromatic N) is 1. The summed E-state index contributed by atoms with van der Waals surface area (Å²) < 4.78 is 26.2. The molecule has 0 spiro atoms. The largest absolute Gasteiger partial charge is 0.378 e. The first kappa shape index (κ1) is 19.6. The monoisotopic (exact) mass is 443 g/mol. The second-order valence-corrected chi connectivity index (χ2v) is 10.4. The van der Waals surface area contributed by atoms with Crippen LogP contribution in [-0.2, 0) is 16.6 Å². The molecule has 0 radical (unpaired) electrons. The second-order valence-electron chi connectivity index (χ2n) is 8.81. The number of anilines is 1. The number of rotatable bonds is 3. The fraction of sp³-hybridized carbons (Fsp3) is 0.231. The second kappa shape index (κ2) is 6.95. The molecule has 3 aromatic carbocycles. The van der Waals surface area contributed by atoms with E-state index < -0.39 is 10.0 Å². The first-order valence-electron chi connectivity index (χ1n) is 11.1. The molecule has 0 saturated heterocycles. The van der Waals surface area contributed by atoms with Crippen LogP contribution >= 0.6 is 0 Å². The van der Waals surface area contributed by atoms with Gasteiger partial charge in [-0.2, -0.15) is 0 Å². The molecule has 2 heterocycles. The van der Waals surface area contributed by atoms with Crippen molar-refractivity contribution in [2.24, 2.45) is 11.1 Å². The molecule has 0 bridgehead atoms. The normalized spacial score (nSPS) is 22.1. The molecule has 32 heavy (non-hydrogen) atoms. The summed E-state index contributed by atoms with van der Waals surface area (Å²) in [6.45, 7) is 3.11. The Morgan fingerprint density at radius 2 is 1.84 bits per heavy atom. The number of aryl methyl sites for hydroxylation is 1. The zero-order chi connectivity index (χ0) is 22.0. The highest BCUT2D eigenvalue weighted by molar-refractivity contribution is 7.89. The zero-order valence-electron chi connectivity index (χ0n) is 17.8. The van der Waals surface area contributed by atoms with E-state index in [9.17, 15) is 8.42 Å². The molecule has 0 fully saturated rings. The Morgan fingerprint density at radius 1 is 1.03 bits per heavy atom. The van der Waals surface area contributed by atoms with Crippen LogP contribution in [0.1, 0.15) is 36.4 Å². The van der Waals surface area contributed by atoms with E-state index in [0.717, 1.165) is 24.2 Å². The summed E-state index contributed by atoms with van der Waals surface area (Å²) in [6, 6.07) is 20.7. The first-order chi connectivity index (χ1) is 15.5. The molecule has 4 aromatic rings. The van der Waals surface area contributed by atoms with E-state index in [0.29, 0.717) is 5.92 Å². The van der Waals surface area contributed by atoms with Gasteiger partial charge in [0.25, 0.3) is 0 Å². The highest BCUT2D eigenvalue weighted by atomic mass is 32.2. The number of aromatic nitrogens is 1. The summed E-state index contributed by atoms with van der Waals surface area (Å²) in [5.41, 5.74) is 5.77. The smallest absolute Gasteiger partial charge is 0.238 e. The average Bonchev–Trinajstić information content (AvgIpc) is 3.40. The molecule has 5 nitrogen and oxygen atoms in total. The lowest BCUT2D eigenvalue weighted by atomic mass is 9.77. The van der Waals surface area contributed by atoms with Crippen LogP contribution in [0.3, 0.4) is 0 Å². The number of para-hydroxylation sites is 1. The molecule has 0 amide bonds. The highest BCUT2D eigenvalue weighted by Gasteiger charge is 2.38. The number of primary sulfonamides is 1. The number of benzene rings is 3. The Balaban J connectivity index is 1.49. The van der Waals surface area contributed by atoms with Crippen molar-refractivity contribution in [2.45, 2.75) is 36.7 Å². The van der Waals surface area contributed by atoms with Gasteiger partial charge in [0, 0.05) is 40.0 Å². The van der Waals surface area contributed by atoms with Crippen molar-refractivity contribution in [1.82, 2.24) is 4.57 Å². The van der Waals surface area contributed by atoms with Crippen LogP contribution in [0.5, 0.6) is 0 Å². The summed E-state index contributed by atoms with van der Waals surface area (Å²) in [4.78, 5) is 0.171. The quantitative estimate of drug-likeness (QED) is 0.423. The summed E-state index contributed by atoms with van der Waals surface area (Å²) in [5.74, 6) is 0.501. The number of nitrogens with one attached hydrogen (secondary N) is 1. The minimum atomic E-state index is -3.73. The van der Waals surface area contributed by atoms with Crippen molar-refractivity contribution in [2.75, 3.05) is 5.32 Å². The van der Waals surface area contributed by atoms with Gasteiger partial charge in [-0.25, -0.2) is 13.6 Å². The SMILES string of the molecule is CCn1c2ccccc2c2cc(C3Nc4ccc(S(N)(=O)=O)cc4C4C=CCC43)ccc21. The summed E-state index contributed by atoms with van der Waals surface area (Å²) in [7, 11) is -3.73. The minimum absolute atomic E-state index is 0.149. The topological polar surface area (TPSA) is 77.1 Å². The average molecular weight is 444 g/mol. The Hall–Kier alpha value is -3.09. The maximum absolute atomic E-state index is 11.9. The van der Waals surface area contributed by atoms with Crippen molar-refractivity contribution in [3.05, 3.63) is 83.9 Å². The van der Waals surface area contributed by atoms with Crippen LogP contribution < -0.4 is 10.5 Å². The van der Waals surface area contributed by atoms with Gasteiger partial charge in [0.15, 0.2) is 0 Å². The molecule has 162 valence electrons. The molecule has 1 aliphatic heterocycles. The number of hydrogen-bond donors (Lipinski definition) is 2. The van der Waals surface area contributed by atoms with Crippen LogP contribution in [0.2, 0.25) is 0 Å². The van der Waals surface area contributed by atoms with E-state index in [1.807, 2.05) is 6.07 Å². The van der Waals surface area contributed by atoms with Crippen LogP contribution in [0.4, 0.5) is 5.69 Å². The summed E-state index contributed by atoms with van der Waals surface area (Å²) in [5, 5.41) is 11.7. The van der Waals surface area contributed by atoms with Crippen molar-refractivity contribution in [3.8, 4) is 0 Å². The fourth-order valence-corrected chi connectivity index (χ4v) is 6.23. The van der Waals surface area contributed by atoms with Crippen LogP contribution in [0.15, 0.2) is 77.7 Å². The van der Waals surface area contributed by atoms with E-state index in [4.69, 9.17) is 5.14 Å². The van der Waals surface area contributed by atoms with Crippen molar-refractivity contribution in [1.29, 1.82) is 0 Å². The third kappa shape index (κ3) is 2.83. The predicted molar refractivity (Wildman–Crippen MR) is 129 cm³/mol. The standard InChI is InChI=1S/C26H25N3O2S/c1-2-29-24-9-4-3-6-19(24)22-14-16(10-13-25(22)29)26-20-8-5-7-18(20)21-15-17(32(27,30)31)11-12-23(21)28-26/h3-7,9-15,18,20,26,28H,2,8H2,1H3,(H2,27,30,31). The fourth-order valence-electron chi connectivity index (χ4n) is 5.68. The minimum Gasteiger partial charge on any atom is -0.378 e. The third-order valence-corrected chi connectivity index (χ3v) is 8.05. The Labute approximate surface area is 187 Å². The molecule has 0 saturated carbocycles. The van der Waals surface area contributed by atoms with Crippen molar-refractivity contribution in [3.63, 3.8) is 0 Å². The molecular weight excluding hydrogens is 418 g/mol. The lowest BCUT2D eigenvalue weighted by molar-refractivity contribution is 0.425. The molecule has 3 unspecified atom stereocenters. The van der Waals surface area contributed by atoms with E-state index in [1.165, 1.54) is 27.4 Å². The number of fused-ring (bicyclic) bond motifs is 6. The maximum atomic E-state index is 11.9. The number of hydrogen-bond acceptors (Lipinski definition) is 3. The van der Waals surface area contributed by atoms with Crippen molar-refractivity contribution >= 4 is 37.5 Å². The third-order valence-electron chi connectivity index (χ3n) is 7.13. The summed E-state index contributed by atoms with van der Waals surface area (Å²) >= 11 is 0. The van der Waals surface area contributed by atoms with Crippen LogP contribution in [-0.4, -0.2) is 13.0 Å². The van der Waals surface area contributed by atoms with E-state index >= 15 is 0 Å². The van der Waals surface area contributed by atoms with Crippen LogP contribution in [0, 0.1) is 5.92 Å². The van der Waals surface area contributed by atoms with Gasteiger partial charge in [-0.15, -0.1) is 0 Å². The number of sulfonamides is 1. The summed E-state index contributed by atoms with van der Waals surface area (Å²) in [6.07, 6.45) is 5.38. The lowest BCUT2D eigenvalue weighted by Gasteiger charge is -2.37. The molecule has 3 atom stereocenters. The van der Waals surface area contributed by atoms with Gasteiger partial charge in [-0.1, -0.05) is 36.4 Å². The molecule has 1 aliphatic carbocycles. The molecule has 2 aliphatic rings. The van der Waals surface area contributed by atoms with Gasteiger partial charge in [-0.05, 0) is 66.8 Å². The predicted octanol–water partition coefficient (Wildman–Crippen LogP) is 5.29. The van der Waals surface area contributed by atoms with E-state index in [-0.39, 0.29) is 16.9 Å². The molecule has 1 aromatic heterocycles. The van der Waals surface area contributed by atoms with Gasteiger partial charge in [0.1, 0.15) is 0 Å². The maximum Gasteiger partial charge on any atom is 0.238 e. The molecule has 6 rings (SSSR count). The highest BCUT2D eigenvalue weighted by Crippen LogP contribution is 2.50. The van der Waals surface area contributed by atoms with Gasteiger partial charge >= 0.3 is 0 Å². The van der Waals surface area contributed by atoms with Gasteiger partial charge < -0.3 is 9.88 Å². The molecule has 3 N–H and O–H groups in total. The van der Waals surface area contributed by atoms with Crippen molar-refractivity contribution < 1.29 is 8.42 Å². The van der Waals surface area contributed by atoms with E-state index in [1.54, 1.807) is 12.1 Å². The van der Waals surface area contributed by atoms with Gasteiger partial charge in [0.05, 0.1) is 10.9 Å². The van der Waals surface area contributed by atoms with E-state index in [2.05, 4.69) is 71.4 Å². The Morgan fingerprint density at radius 3 is 2.66 bits per heavy atom. The number of nitrogens with two attached hydrogens (primary N) is 1. The Bertz CT molecular complexity index is 1520.